The number of carbonyl (C=O) groups is 2. The lowest BCUT2D eigenvalue weighted by atomic mass is 9.99. The number of rotatable bonds is 11. The zero-order valence-electron chi connectivity index (χ0n) is 24.0. The number of ether oxygens (including phenoxy) is 2. The molecule has 2 aliphatic rings. The summed E-state index contributed by atoms with van der Waals surface area (Å²) in [7, 11) is 0. The number of aliphatic hydroxyl groups excluding tert-OH is 1. The molecule has 12 heteroatoms. The second-order valence-corrected chi connectivity index (χ2v) is 10.7. The van der Waals surface area contributed by atoms with Crippen LogP contribution in [0.4, 0.5) is 11.6 Å². The van der Waals surface area contributed by atoms with Crippen molar-refractivity contribution >= 4 is 23.5 Å². The molecular weight excluding hydrogens is 552 g/mol. The molecule has 2 aliphatic heterocycles. The molecule has 2 fully saturated rings. The van der Waals surface area contributed by atoms with Gasteiger partial charge in [0.05, 0.1) is 18.8 Å². The second-order valence-electron chi connectivity index (χ2n) is 10.7. The highest BCUT2D eigenvalue weighted by molar-refractivity contribution is 5.91. The summed E-state index contributed by atoms with van der Waals surface area (Å²) in [5, 5.41) is 21.0. The Balaban J connectivity index is 1.25. The minimum Gasteiger partial charge on any atom is -0.392 e. The van der Waals surface area contributed by atoms with Crippen molar-refractivity contribution in [2.24, 2.45) is 0 Å². The highest BCUT2D eigenvalue weighted by Crippen LogP contribution is 2.38. The van der Waals surface area contributed by atoms with Crippen molar-refractivity contribution in [2.75, 3.05) is 42.9 Å². The van der Waals surface area contributed by atoms with Gasteiger partial charge < -0.3 is 24.8 Å². The predicted molar refractivity (Wildman–Crippen MR) is 158 cm³/mol. The van der Waals surface area contributed by atoms with Crippen molar-refractivity contribution in [3.63, 3.8) is 0 Å². The SMILES string of the molecule is O=C(CCCC(=O)Nc1cccc(C2OC(CN3CCN(c4ncccn4)CC3)CC(c3ccc(CO)cc3)O2)c1)NO. The molecule has 0 saturated carbocycles. The number of hydroxylamine groups is 1. The second kappa shape index (κ2) is 15.0. The molecule has 3 atom stereocenters. The number of hydrogen-bond donors (Lipinski definition) is 4. The molecule has 0 aliphatic carbocycles. The molecule has 4 N–H and O–H groups in total. The molecule has 43 heavy (non-hydrogen) atoms. The molecule has 0 radical (unpaired) electrons. The summed E-state index contributed by atoms with van der Waals surface area (Å²) in [6.07, 6.45) is 3.76. The summed E-state index contributed by atoms with van der Waals surface area (Å²) in [6, 6.07) is 17.0. The first-order valence-electron chi connectivity index (χ1n) is 14.6. The van der Waals surface area contributed by atoms with Crippen LogP contribution in [0.1, 0.15) is 54.8 Å². The lowest BCUT2D eigenvalue weighted by Crippen LogP contribution is -2.50. The number of piperazine rings is 1. The Labute approximate surface area is 250 Å². The van der Waals surface area contributed by atoms with Gasteiger partial charge in [0.15, 0.2) is 6.29 Å². The lowest BCUT2D eigenvalue weighted by Gasteiger charge is -2.40. The fourth-order valence-corrected chi connectivity index (χ4v) is 5.36. The summed E-state index contributed by atoms with van der Waals surface area (Å²) < 4.78 is 13.0. The van der Waals surface area contributed by atoms with E-state index in [-0.39, 0.29) is 37.6 Å². The Morgan fingerprint density at radius 2 is 1.65 bits per heavy atom. The largest absolute Gasteiger partial charge is 0.392 e. The normalized spacial score (nSPS) is 20.9. The fourth-order valence-electron chi connectivity index (χ4n) is 5.36. The zero-order valence-corrected chi connectivity index (χ0v) is 24.0. The highest BCUT2D eigenvalue weighted by Gasteiger charge is 2.34. The van der Waals surface area contributed by atoms with Crippen LogP contribution in [-0.2, 0) is 25.7 Å². The first-order chi connectivity index (χ1) is 21.0. The quantitative estimate of drug-likeness (QED) is 0.194. The molecule has 2 saturated heterocycles. The van der Waals surface area contributed by atoms with Crippen molar-refractivity contribution in [3.05, 3.63) is 83.7 Å². The van der Waals surface area contributed by atoms with Crippen LogP contribution in [0.3, 0.4) is 0 Å². The third-order valence-corrected chi connectivity index (χ3v) is 7.66. The first-order valence-corrected chi connectivity index (χ1v) is 14.6. The van der Waals surface area contributed by atoms with E-state index >= 15 is 0 Å². The van der Waals surface area contributed by atoms with Crippen molar-refractivity contribution in [3.8, 4) is 0 Å². The van der Waals surface area contributed by atoms with Gasteiger partial charge in [-0.2, -0.15) is 0 Å². The van der Waals surface area contributed by atoms with Crippen LogP contribution in [-0.4, -0.2) is 75.8 Å². The number of aliphatic hydroxyl groups is 1. The van der Waals surface area contributed by atoms with Gasteiger partial charge in [0.2, 0.25) is 17.8 Å². The van der Waals surface area contributed by atoms with Crippen LogP contribution < -0.4 is 15.7 Å². The van der Waals surface area contributed by atoms with Gasteiger partial charge >= 0.3 is 0 Å². The Kier molecular flexibility index (Phi) is 10.6. The van der Waals surface area contributed by atoms with Crippen LogP contribution in [0, 0.1) is 0 Å². The molecule has 5 rings (SSSR count). The Morgan fingerprint density at radius 3 is 2.37 bits per heavy atom. The minimum absolute atomic E-state index is 0.0205. The van der Waals surface area contributed by atoms with Gasteiger partial charge in [-0.25, -0.2) is 15.4 Å². The van der Waals surface area contributed by atoms with Crippen molar-refractivity contribution in [2.45, 2.75) is 50.8 Å². The van der Waals surface area contributed by atoms with E-state index in [2.05, 4.69) is 25.1 Å². The smallest absolute Gasteiger partial charge is 0.243 e. The van der Waals surface area contributed by atoms with E-state index in [9.17, 15) is 14.7 Å². The van der Waals surface area contributed by atoms with Crippen LogP contribution in [0.25, 0.3) is 0 Å². The van der Waals surface area contributed by atoms with E-state index in [0.717, 1.165) is 55.4 Å². The monoisotopic (exact) mass is 590 g/mol. The molecule has 3 unspecified atom stereocenters. The topological polar surface area (TPSA) is 149 Å². The van der Waals surface area contributed by atoms with Gasteiger partial charge in [-0.05, 0) is 35.7 Å². The van der Waals surface area contributed by atoms with E-state index in [4.69, 9.17) is 14.7 Å². The first kappa shape index (κ1) is 30.5. The Morgan fingerprint density at radius 1 is 0.907 bits per heavy atom. The number of nitrogens with zero attached hydrogens (tertiary/aromatic N) is 4. The van der Waals surface area contributed by atoms with Gasteiger partial charge in [0, 0.05) is 75.6 Å². The molecule has 228 valence electrons. The number of aromatic nitrogens is 2. The number of carbonyl (C=O) groups excluding carboxylic acids is 2. The predicted octanol–water partition coefficient (Wildman–Crippen LogP) is 2.95. The maximum absolute atomic E-state index is 12.4. The fraction of sp³-hybridized carbons (Fsp3) is 0.419. The third kappa shape index (κ3) is 8.55. The maximum atomic E-state index is 12.4. The van der Waals surface area contributed by atoms with Gasteiger partial charge in [-0.3, -0.25) is 19.7 Å². The van der Waals surface area contributed by atoms with Crippen molar-refractivity contribution in [1.29, 1.82) is 0 Å². The summed E-state index contributed by atoms with van der Waals surface area (Å²) in [6.45, 7) is 4.10. The van der Waals surface area contributed by atoms with E-state index in [1.807, 2.05) is 48.5 Å². The zero-order chi connectivity index (χ0) is 30.0. The van der Waals surface area contributed by atoms with Gasteiger partial charge in [0.25, 0.3) is 0 Å². The number of nitrogens with one attached hydrogen (secondary N) is 2. The average molecular weight is 591 g/mol. The average Bonchev–Trinajstić information content (AvgIpc) is 3.05. The molecule has 12 nitrogen and oxygen atoms in total. The summed E-state index contributed by atoms with van der Waals surface area (Å²) in [5.41, 5.74) is 4.81. The van der Waals surface area contributed by atoms with Crippen LogP contribution >= 0.6 is 0 Å². The van der Waals surface area contributed by atoms with Gasteiger partial charge in [0.1, 0.15) is 0 Å². The van der Waals surface area contributed by atoms with Crippen LogP contribution in [0.2, 0.25) is 0 Å². The molecule has 0 bridgehead atoms. The van der Waals surface area contributed by atoms with Crippen LogP contribution in [0.5, 0.6) is 0 Å². The standard InChI is InChI=1S/C31H38N6O6/c38-21-22-8-10-23(11-9-22)27-19-26(20-36-14-16-37(17-15-36)31-32-12-3-13-33-31)42-30(43-27)24-4-1-5-25(18-24)34-28(39)6-2-7-29(40)35-41/h1,3-5,8-13,18,26-27,30,38,41H,2,6-7,14-17,19-21H2,(H,34,39)(H,35,40). The van der Waals surface area contributed by atoms with E-state index < -0.39 is 12.2 Å². The van der Waals surface area contributed by atoms with Gasteiger partial charge in [-0.1, -0.05) is 36.4 Å². The number of anilines is 2. The molecular formula is C31H38N6O6. The van der Waals surface area contributed by atoms with Gasteiger partial charge in [-0.15, -0.1) is 0 Å². The number of amides is 2. The molecule has 2 amide bonds. The Hall–Kier alpha value is -3.94. The summed E-state index contributed by atoms with van der Waals surface area (Å²) in [4.78, 5) is 37.0. The summed E-state index contributed by atoms with van der Waals surface area (Å²) in [5.74, 6) is -0.00437. The Bertz CT molecular complexity index is 1340. The van der Waals surface area contributed by atoms with E-state index in [1.54, 1.807) is 23.9 Å². The highest BCUT2D eigenvalue weighted by atomic mass is 16.7. The summed E-state index contributed by atoms with van der Waals surface area (Å²) >= 11 is 0. The minimum atomic E-state index is -0.648. The van der Waals surface area contributed by atoms with E-state index in [1.165, 1.54) is 0 Å². The molecule has 0 spiro atoms. The van der Waals surface area contributed by atoms with E-state index in [0.29, 0.717) is 18.5 Å². The third-order valence-electron chi connectivity index (χ3n) is 7.66. The molecule has 1 aromatic heterocycles. The number of benzene rings is 2. The van der Waals surface area contributed by atoms with Crippen LogP contribution in [0.15, 0.2) is 67.0 Å². The maximum Gasteiger partial charge on any atom is 0.243 e. The molecule has 2 aromatic carbocycles. The lowest BCUT2D eigenvalue weighted by molar-refractivity contribution is -0.253. The van der Waals surface area contributed by atoms with Crippen molar-refractivity contribution < 1.29 is 29.4 Å². The molecule has 3 heterocycles. The molecule has 3 aromatic rings. The number of hydrogen-bond acceptors (Lipinski definition) is 10. The van der Waals surface area contributed by atoms with Crippen molar-refractivity contribution in [1.82, 2.24) is 20.3 Å².